The van der Waals surface area contributed by atoms with Gasteiger partial charge >= 0.3 is 0 Å². The van der Waals surface area contributed by atoms with E-state index in [4.69, 9.17) is 4.74 Å². The second-order valence-electron chi connectivity index (χ2n) is 6.64. The van der Waals surface area contributed by atoms with Gasteiger partial charge in [0.25, 0.3) is 0 Å². The van der Waals surface area contributed by atoms with Crippen molar-refractivity contribution in [3.05, 3.63) is 28.8 Å². The number of rotatable bonds is 6. The molecule has 0 saturated carbocycles. The lowest BCUT2D eigenvalue weighted by Gasteiger charge is -2.32. The summed E-state index contributed by atoms with van der Waals surface area (Å²) in [5.74, 6) is 2.45. The molecule has 130 valence electrons. The van der Waals surface area contributed by atoms with Crippen LogP contribution in [0, 0.1) is 20.8 Å². The predicted molar refractivity (Wildman–Crippen MR) is 95.7 cm³/mol. The summed E-state index contributed by atoms with van der Waals surface area (Å²) < 4.78 is 17.3. The minimum atomic E-state index is -0.640. The van der Waals surface area contributed by atoms with Gasteiger partial charge in [-0.05, 0) is 57.4 Å². The van der Waals surface area contributed by atoms with E-state index in [1.807, 2.05) is 14.0 Å². The number of ether oxygens (including phenoxy) is 1. The van der Waals surface area contributed by atoms with Crippen LogP contribution in [0.5, 0.6) is 5.75 Å². The van der Waals surface area contributed by atoms with Gasteiger partial charge in [0, 0.05) is 34.9 Å². The smallest absolute Gasteiger partial charge is 0.125 e. The highest BCUT2D eigenvalue weighted by Gasteiger charge is 2.23. The zero-order valence-corrected chi connectivity index (χ0v) is 15.5. The number of nitrogens with zero attached hydrogens (tertiary/aromatic N) is 1. The van der Waals surface area contributed by atoms with E-state index in [0.717, 1.165) is 41.2 Å². The molecule has 1 aromatic carbocycles. The molecule has 1 N–H and O–H groups in total. The van der Waals surface area contributed by atoms with E-state index in [2.05, 4.69) is 30.9 Å². The van der Waals surface area contributed by atoms with E-state index < -0.39 is 16.9 Å². The molecule has 1 saturated heterocycles. The fraction of sp³-hybridized carbons (Fsp3) is 0.667. The zero-order valence-electron chi connectivity index (χ0n) is 14.7. The predicted octanol–water partition coefficient (Wildman–Crippen LogP) is 2.19. The molecule has 1 aromatic rings. The highest BCUT2D eigenvalue weighted by atomic mass is 32.2. The zero-order chi connectivity index (χ0) is 17.0. The number of aliphatic hydroxyl groups excluding tert-OH is 1. The molecule has 5 heteroatoms. The van der Waals surface area contributed by atoms with Gasteiger partial charge in [0.2, 0.25) is 0 Å². The summed E-state index contributed by atoms with van der Waals surface area (Å²) in [6.07, 6.45) is 1.38. The highest BCUT2D eigenvalue weighted by molar-refractivity contribution is 7.85. The average Bonchev–Trinajstić information content (AvgIpc) is 2.51. The monoisotopic (exact) mass is 339 g/mol. The molecule has 1 heterocycles. The molecule has 1 aliphatic heterocycles. The van der Waals surface area contributed by atoms with Gasteiger partial charge in [-0.25, -0.2) is 0 Å². The second kappa shape index (κ2) is 8.27. The third kappa shape index (κ3) is 5.03. The Morgan fingerprint density at radius 3 is 2.52 bits per heavy atom. The number of hydrogen-bond donors (Lipinski definition) is 1. The minimum absolute atomic E-state index is 0.300. The lowest BCUT2D eigenvalue weighted by atomic mass is 10.1. The number of hydrogen-bond acceptors (Lipinski definition) is 4. The Bertz CT molecular complexity index is 551. The lowest BCUT2D eigenvalue weighted by Crippen LogP contribution is -2.42. The van der Waals surface area contributed by atoms with Crippen LogP contribution < -0.4 is 4.74 Å². The van der Waals surface area contributed by atoms with Crippen LogP contribution in [0.25, 0.3) is 0 Å². The van der Waals surface area contributed by atoms with Crippen LogP contribution in [0.15, 0.2) is 12.1 Å². The van der Waals surface area contributed by atoms with Crippen molar-refractivity contribution in [1.29, 1.82) is 0 Å². The van der Waals surface area contributed by atoms with Crippen molar-refractivity contribution in [3.63, 3.8) is 0 Å². The van der Waals surface area contributed by atoms with Crippen molar-refractivity contribution in [1.82, 2.24) is 4.90 Å². The van der Waals surface area contributed by atoms with E-state index >= 15 is 0 Å². The number of aryl methyl sites for hydroxylation is 2. The summed E-state index contributed by atoms with van der Waals surface area (Å²) in [6.45, 7) is 7.04. The summed E-state index contributed by atoms with van der Waals surface area (Å²) in [7, 11) is 1.39. The van der Waals surface area contributed by atoms with Crippen LogP contribution in [-0.4, -0.2) is 58.1 Å². The molecule has 2 rings (SSSR count). The Labute approximate surface area is 142 Å². The fourth-order valence-corrected chi connectivity index (χ4v) is 4.36. The van der Waals surface area contributed by atoms with E-state index in [0.29, 0.717) is 19.2 Å². The Balaban J connectivity index is 1.84. The number of aliphatic hydroxyl groups is 1. The molecule has 1 atom stereocenters. The SMILES string of the molecule is Cc1ccc(C)c(OCC(O)CN(C)C2CCS(=O)CC2)c1C. The highest BCUT2D eigenvalue weighted by Crippen LogP contribution is 2.26. The molecule has 0 radical (unpaired) electrons. The van der Waals surface area contributed by atoms with Gasteiger partial charge in [0.1, 0.15) is 18.5 Å². The first-order chi connectivity index (χ1) is 10.9. The molecule has 0 aliphatic carbocycles. The number of likely N-dealkylation sites (N-methyl/N-ethyl adjacent to an activating group) is 1. The van der Waals surface area contributed by atoms with E-state index in [1.54, 1.807) is 0 Å². The molecule has 1 aliphatic rings. The number of benzene rings is 1. The Morgan fingerprint density at radius 2 is 1.87 bits per heavy atom. The largest absolute Gasteiger partial charge is 0.490 e. The molecule has 1 unspecified atom stereocenters. The van der Waals surface area contributed by atoms with Crippen molar-refractivity contribution in [3.8, 4) is 5.75 Å². The molecular formula is C18H29NO3S. The summed E-state index contributed by atoms with van der Waals surface area (Å²) in [5, 5.41) is 10.3. The summed E-state index contributed by atoms with van der Waals surface area (Å²) in [4.78, 5) is 2.18. The minimum Gasteiger partial charge on any atom is -0.490 e. The van der Waals surface area contributed by atoms with Gasteiger partial charge < -0.3 is 14.7 Å². The van der Waals surface area contributed by atoms with Crippen LogP contribution in [0.4, 0.5) is 0 Å². The topological polar surface area (TPSA) is 49.8 Å². The van der Waals surface area contributed by atoms with Gasteiger partial charge in [-0.2, -0.15) is 0 Å². The van der Waals surface area contributed by atoms with Gasteiger partial charge in [-0.3, -0.25) is 4.21 Å². The van der Waals surface area contributed by atoms with E-state index in [9.17, 15) is 9.32 Å². The normalized spacial score (nSPS) is 23.0. The third-order valence-corrected chi connectivity index (χ3v) is 6.16. The van der Waals surface area contributed by atoms with Crippen LogP contribution >= 0.6 is 0 Å². The van der Waals surface area contributed by atoms with Crippen molar-refractivity contribution in [2.75, 3.05) is 31.7 Å². The fourth-order valence-electron chi connectivity index (χ4n) is 3.08. The Hall–Kier alpha value is -0.910. The average molecular weight is 340 g/mol. The first kappa shape index (κ1) is 18.4. The first-order valence-electron chi connectivity index (χ1n) is 8.31. The molecule has 23 heavy (non-hydrogen) atoms. The van der Waals surface area contributed by atoms with Gasteiger partial charge in [-0.1, -0.05) is 12.1 Å². The van der Waals surface area contributed by atoms with Crippen LogP contribution in [-0.2, 0) is 10.8 Å². The van der Waals surface area contributed by atoms with Crippen molar-refractivity contribution >= 4 is 10.8 Å². The standard InChI is InChI=1S/C18H29NO3S/c1-13-5-6-14(2)18(15(13)3)22-12-17(20)11-19(4)16-7-9-23(21)10-8-16/h5-6,16-17,20H,7-12H2,1-4H3. The van der Waals surface area contributed by atoms with Gasteiger partial charge in [-0.15, -0.1) is 0 Å². The maximum absolute atomic E-state index is 11.4. The van der Waals surface area contributed by atoms with Crippen LogP contribution in [0.2, 0.25) is 0 Å². The molecule has 0 aromatic heterocycles. The molecule has 1 fully saturated rings. The van der Waals surface area contributed by atoms with Gasteiger partial charge in [0.05, 0.1) is 0 Å². The van der Waals surface area contributed by atoms with Crippen LogP contribution in [0.1, 0.15) is 29.5 Å². The molecule has 0 amide bonds. The van der Waals surface area contributed by atoms with Crippen molar-refractivity contribution in [2.24, 2.45) is 0 Å². The Kier molecular flexibility index (Phi) is 6.62. The summed E-state index contributed by atoms with van der Waals surface area (Å²) in [6, 6.07) is 4.57. The maximum atomic E-state index is 11.4. The lowest BCUT2D eigenvalue weighted by molar-refractivity contribution is 0.0609. The summed E-state index contributed by atoms with van der Waals surface area (Å²) >= 11 is 0. The Morgan fingerprint density at radius 1 is 1.26 bits per heavy atom. The second-order valence-corrected chi connectivity index (χ2v) is 8.33. The van der Waals surface area contributed by atoms with Crippen molar-refractivity contribution in [2.45, 2.75) is 45.8 Å². The molecule has 0 bridgehead atoms. The summed E-state index contributed by atoms with van der Waals surface area (Å²) in [5.41, 5.74) is 3.44. The van der Waals surface area contributed by atoms with E-state index in [-0.39, 0.29) is 0 Å². The molecule has 0 spiro atoms. The van der Waals surface area contributed by atoms with Crippen molar-refractivity contribution < 1.29 is 14.1 Å². The third-order valence-electron chi connectivity index (χ3n) is 4.77. The molecular weight excluding hydrogens is 310 g/mol. The first-order valence-corrected chi connectivity index (χ1v) is 9.80. The maximum Gasteiger partial charge on any atom is 0.125 e. The van der Waals surface area contributed by atoms with Crippen LogP contribution in [0.3, 0.4) is 0 Å². The van der Waals surface area contributed by atoms with E-state index in [1.165, 1.54) is 5.56 Å². The molecule has 4 nitrogen and oxygen atoms in total. The quantitative estimate of drug-likeness (QED) is 0.863. The van der Waals surface area contributed by atoms with Gasteiger partial charge in [0.15, 0.2) is 0 Å².